The number of fused-ring (bicyclic) bond motifs is 1. The van der Waals surface area contributed by atoms with Gasteiger partial charge in [-0.2, -0.15) is 0 Å². The van der Waals surface area contributed by atoms with Crippen molar-refractivity contribution in [3.63, 3.8) is 0 Å². The van der Waals surface area contributed by atoms with E-state index in [1.54, 1.807) is 14.2 Å². The first-order chi connectivity index (χ1) is 14.5. The number of methoxy groups -OCH3 is 2. The number of carbonyl (C=O) groups is 2. The van der Waals surface area contributed by atoms with Crippen LogP contribution in [0.25, 0.3) is 0 Å². The van der Waals surface area contributed by atoms with E-state index >= 15 is 0 Å². The predicted octanol–water partition coefficient (Wildman–Crippen LogP) is 2.04. The quantitative estimate of drug-likeness (QED) is 0.525. The van der Waals surface area contributed by atoms with Crippen LogP contribution in [-0.4, -0.2) is 73.6 Å². The topological polar surface area (TPSA) is 62.3 Å². The number of hydrogen-bond donors (Lipinski definition) is 0. The third-order valence-corrected chi connectivity index (χ3v) is 6.64. The zero-order chi connectivity index (χ0) is 21.3. The third-order valence-electron chi connectivity index (χ3n) is 6.64. The van der Waals surface area contributed by atoms with Crippen LogP contribution in [0.15, 0.2) is 24.3 Å². The number of hydrogen-bond acceptors (Lipinski definition) is 6. The summed E-state index contributed by atoms with van der Waals surface area (Å²) in [5.74, 6) is 1.24. The molecule has 0 bridgehead atoms. The van der Waals surface area contributed by atoms with Gasteiger partial charge in [-0.25, -0.2) is 0 Å². The number of nitrogens with zero attached hydrogens (tertiary/aromatic N) is 3. The van der Waals surface area contributed by atoms with Crippen molar-refractivity contribution >= 4 is 11.8 Å². The number of amides is 2. The lowest BCUT2D eigenvalue weighted by atomic mass is 9.85. The van der Waals surface area contributed by atoms with Crippen molar-refractivity contribution in [2.24, 2.45) is 11.8 Å². The number of imide groups is 1. The molecular formula is C23H31N3O4. The summed E-state index contributed by atoms with van der Waals surface area (Å²) in [4.78, 5) is 31.5. The molecule has 2 amide bonds. The van der Waals surface area contributed by atoms with E-state index in [9.17, 15) is 9.59 Å². The Morgan fingerprint density at radius 1 is 0.867 bits per heavy atom. The molecule has 30 heavy (non-hydrogen) atoms. The van der Waals surface area contributed by atoms with Gasteiger partial charge in [0.25, 0.3) is 0 Å². The van der Waals surface area contributed by atoms with E-state index in [4.69, 9.17) is 9.47 Å². The van der Waals surface area contributed by atoms with Crippen molar-refractivity contribution in [2.75, 3.05) is 47.1 Å². The van der Waals surface area contributed by atoms with Gasteiger partial charge in [0, 0.05) is 32.7 Å². The van der Waals surface area contributed by atoms with Crippen molar-refractivity contribution in [1.82, 2.24) is 14.7 Å². The minimum absolute atomic E-state index is 0.0118. The van der Waals surface area contributed by atoms with Gasteiger partial charge in [-0.05, 0) is 43.0 Å². The van der Waals surface area contributed by atoms with E-state index in [-0.39, 0.29) is 23.7 Å². The minimum atomic E-state index is -0.142. The fourth-order valence-electron chi connectivity index (χ4n) is 4.73. The zero-order valence-corrected chi connectivity index (χ0v) is 18.1. The lowest BCUT2D eigenvalue weighted by Crippen LogP contribution is -2.51. The molecule has 3 aliphatic rings. The fraction of sp³-hybridized carbons (Fsp3) is 0.565. The summed E-state index contributed by atoms with van der Waals surface area (Å²) < 4.78 is 10.8. The van der Waals surface area contributed by atoms with Crippen molar-refractivity contribution in [3.8, 4) is 11.5 Å². The maximum atomic E-state index is 12.7. The highest BCUT2D eigenvalue weighted by atomic mass is 16.5. The molecule has 1 aromatic carbocycles. The van der Waals surface area contributed by atoms with Gasteiger partial charge < -0.3 is 9.47 Å². The summed E-state index contributed by atoms with van der Waals surface area (Å²) in [5, 5.41) is 0. The molecule has 2 aliphatic heterocycles. The molecule has 0 radical (unpaired) electrons. The Hall–Kier alpha value is -2.38. The van der Waals surface area contributed by atoms with Crippen LogP contribution in [0, 0.1) is 18.8 Å². The molecular weight excluding hydrogens is 382 g/mol. The second-order valence-corrected chi connectivity index (χ2v) is 8.43. The van der Waals surface area contributed by atoms with Crippen molar-refractivity contribution in [2.45, 2.75) is 26.3 Å². The number of allylic oxidation sites excluding steroid dienone is 2. The molecule has 0 N–H and O–H groups in total. The lowest BCUT2D eigenvalue weighted by Gasteiger charge is -2.36. The van der Waals surface area contributed by atoms with Gasteiger partial charge in [0.1, 0.15) is 0 Å². The highest BCUT2D eigenvalue weighted by molar-refractivity contribution is 6.05. The van der Waals surface area contributed by atoms with Gasteiger partial charge in [-0.15, -0.1) is 0 Å². The molecule has 2 atom stereocenters. The third kappa shape index (κ3) is 3.96. The van der Waals surface area contributed by atoms with Gasteiger partial charge >= 0.3 is 0 Å². The van der Waals surface area contributed by atoms with Crippen LogP contribution in [0.2, 0.25) is 0 Å². The van der Waals surface area contributed by atoms with E-state index in [0.29, 0.717) is 19.5 Å². The van der Waals surface area contributed by atoms with Crippen LogP contribution < -0.4 is 9.47 Å². The van der Waals surface area contributed by atoms with E-state index in [1.807, 2.05) is 18.2 Å². The molecule has 162 valence electrons. The lowest BCUT2D eigenvalue weighted by molar-refractivity contribution is -0.142. The first kappa shape index (κ1) is 20.9. The molecule has 0 spiro atoms. The first-order valence-electron chi connectivity index (χ1n) is 10.7. The Morgan fingerprint density at radius 2 is 1.40 bits per heavy atom. The molecule has 2 heterocycles. The van der Waals surface area contributed by atoms with Gasteiger partial charge in [-0.3, -0.25) is 24.3 Å². The summed E-state index contributed by atoms with van der Waals surface area (Å²) in [6.07, 6.45) is 5.46. The second-order valence-electron chi connectivity index (χ2n) is 8.43. The monoisotopic (exact) mass is 413 g/mol. The Balaban J connectivity index is 1.33. The van der Waals surface area contributed by atoms with Crippen LogP contribution in [0.5, 0.6) is 11.5 Å². The highest BCUT2D eigenvalue weighted by Gasteiger charge is 2.47. The molecule has 7 nitrogen and oxygen atoms in total. The SMILES string of the molecule is COc1cc(C)c(CN2CCN(CN3C(=O)[C@@H]4CC=CC[C@H]4C3=O)CC2)cc1OC. The Labute approximate surface area is 178 Å². The summed E-state index contributed by atoms with van der Waals surface area (Å²) in [7, 11) is 3.31. The van der Waals surface area contributed by atoms with E-state index < -0.39 is 0 Å². The van der Waals surface area contributed by atoms with Gasteiger partial charge in [0.2, 0.25) is 11.8 Å². The normalized spacial score (nSPS) is 25.0. The number of piperazine rings is 1. The molecule has 2 fully saturated rings. The second kappa shape index (κ2) is 8.78. The fourth-order valence-corrected chi connectivity index (χ4v) is 4.73. The number of aryl methyl sites for hydroxylation is 1. The van der Waals surface area contributed by atoms with Gasteiger partial charge in [-0.1, -0.05) is 12.2 Å². The van der Waals surface area contributed by atoms with Crippen molar-refractivity contribution in [3.05, 3.63) is 35.4 Å². The van der Waals surface area contributed by atoms with E-state index in [2.05, 4.69) is 22.8 Å². The number of benzene rings is 1. The summed E-state index contributed by atoms with van der Waals surface area (Å²) in [6, 6.07) is 4.07. The summed E-state index contributed by atoms with van der Waals surface area (Å²) in [5.41, 5.74) is 2.40. The first-order valence-corrected chi connectivity index (χ1v) is 10.7. The summed E-state index contributed by atoms with van der Waals surface area (Å²) in [6.45, 7) is 6.85. The highest BCUT2D eigenvalue weighted by Crippen LogP contribution is 2.35. The molecule has 4 rings (SSSR count). The zero-order valence-electron chi connectivity index (χ0n) is 18.1. The Kier molecular flexibility index (Phi) is 6.11. The van der Waals surface area contributed by atoms with Crippen LogP contribution in [-0.2, 0) is 16.1 Å². The van der Waals surface area contributed by atoms with E-state index in [1.165, 1.54) is 16.0 Å². The standard InChI is InChI=1S/C23H31N3O4/c1-16-12-20(29-2)21(30-3)13-17(16)14-24-8-10-25(11-9-24)15-26-22(27)18-6-4-5-7-19(18)23(26)28/h4-5,12-13,18-19H,6-11,14-15H2,1-3H3/t18-,19-/m1/s1. The number of rotatable bonds is 6. The molecule has 7 heteroatoms. The van der Waals surface area contributed by atoms with Crippen LogP contribution in [0.1, 0.15) is 24.0 Å². The molecule has 0 unspecified atom stereocenters. The molecule has 2 saturated heterocycles. The maximum absolute atomic E-state index is 12.7. The van der Waals surface area contributed by atoms with Crippen LogP contribution in [0.4, 0.5) is 0 Å². The van der Waals surface area contributed by atoms with Gasteiger partial charge in [0.15, 0.2) is 11.5 Å². The molecule has 1 aromatic rings. The molecule has 1 aliphatic carbocycles. The average Bonchev–Trinajstić information content (AvgIpc) is 3.01. The average molecular weight is 414 g/mol. The Bertz CT molecular complexity index is 819. The van der Waals surface area contributed by atoms with Crippen LogP contribution in [0.3, 0.4) is 0 Å². The Morgan fingerprint density at radius 3 is 1.97 bits per heavy atom. The van der Waals surface area contributed by atoms with Crippen molar-refractivity contribution in [1.29, 1.82) is 0 Å². The van der Waals surface area contributed by atoms with Gasteiger partial charge in [0.05, 0.1) is 32.7 Å². The smallest absolute Gasteiger partial charge is 0.234 e. The number of carbonyl (C=O) groups excluding carboxylic acids is 2. The minimum Gasteiger partial charge on any atom is -0.493 e. The largest absolute Gasteiger partial charge is 0.493 e. The maximum Gasteiger partial charge on any atom is 0.234 e. The van der Waals surface area contributed by atoms with E-state index in [0.717, 1.165) is 44.2 Å². The predicted molar refractivity (Wildman–Crippen MR) is 113 cm³/mol. The van der Waals surface area contributed by atoms with Crippen LogP contribution >= 0.6 is 0 Å². The summed E-state index contributed by atoms with van der Waals surface area (Å²) >= 11 is 0. The molecule has 0 saturated carbocycles. The molecule has 0 aromatic heterocycles. The van der Waals surface area contributed by atoms with Crippen molar-refractivity contribution < 1.29 is 19.1 Å². The number of ether oxygens (including phenoxy) is 2. The number of likely N-dealkylation sites (tertiary alicyclic amines) is 1.